The molecule has 5 unspecified atom stereocenters. The highest BCUT2D eigenvalue weighted by Crippen LogP contribution is 2.61. The maximum absolute atomic E-state index is 16.0. The molecule has 1 saturated carbocycles. The van der Waals surface area contributed by atoms with E-state index in [9.17, 15) is 9.59 Å². The molecule has 0 aromatic heterocycles. The van der Waals surface area contributed by atoms with E-state index in [1.165, 1.54) is 20.3 Å². The number of hydrogen-bond acceptors (Lipinski definition) is 6. The van der Waals surface area contributed by atoms with Gasteiger partial charge in [-0.05, 0) is 66.6 Å². The van der Waals surface area contributed by atoms with Gasteiger partial charge in [0.15, 0.2) is 0 Å². The van der Waals surface area contributed by atoms with Crippen molar-refractivity contribution in [3.8, 4) is 5.75 Å². The van der Waals surface area contributed by atoms with Crippen LogP contribution in [0.15, 0.2) is 54.6 Å². The second kappa shape index (κ2) is 10.2. The summed E-state index contributed by atoms with van der Waals surface area (Å²) in [5.41, 5.74) is 1.99. The van der Waals surface area contributed by atoms with Crippen molar-refractivity contribution in [2.75, 3.05) is 26.1 Å². The highest BCUT2D eigenvalue weighted by Gasteiger charge is 2.69. The Labute approximate surface area is 253 Å². The predicted octanol–water partition coefficient (Wildman–Crippen LogP) is 6.06. The van der Waals surface area contributed by atoms with E-state index < -0.39 is 23.2 Å². The molecule has 3 fully saturated rings. The number of carbonyl (C=O) groups excluding carboxylic acids is 2. The fraction of sp³-hybridized carbons (Fsp3) is 0.375. The summed E-state index contributed by atoms with van der Waals surface area (Å²) >= 11 is 12.7. The Kier molecular flexibility index (Phi) is 6.73. The van der Waals surface area contributed by atoms with Gasteiger partial charge in [0.2, 0.25) is 5.91 Å². The Balaban J connectivity index is 1.38. The van der Waals surface area contributed by atoms with Gasteiger partial charge in [0.1, 0.15) is 22.7 Å². The lowest BCUT2D eigenvalue weighted by molar-refractivity contribution is -0.128. The van der Waals surface area contributed by atoms with Crippen molar-refractivity contribution >= 4 is 40.8 Å². The third-order valence-electron chi connectivity index (χ3n) is 9.44. The zero-order valence-corrected chi connectivity index (χ0v) is 24.6. The lowest BCUT2D eigenvalue weighted by atomic mass is 9.73. The Morgan fingerprint density at radius 1 is 1.12 bits per heavy atom. The first-order valence-corrected chi connectivity index (χ1v) is 14.9. The average Bonchev–Trinajstić information content (AvgIpc) is 3.55. The first-order chi connectivity index (χ1) is 20.3. The summed E-state index contributed by atoms with van der Waals surface area (Å²) in [6.07, 6.45) is 2.87. The van der Waals surface area contributed by atoms with E-state index in [0.29, 0.717) is 46.5 Å². The number of benzene rings is 3. The number of esters is 1. The van der Waals surface area contributed by atoms with E-state index in [0.717, 1.165) is 24.0 Å². The molecule has 1 spiro atoms. The van der Waals surface area contributed by atoms with Crippen molar-refractivity contribution in [3.05, 3.63) is 92.7 Å². The molecule has 3 aromatic carbocycles. The van der Waals surface area contributed by atoms with E-state index in [2.05, 4.69) is 15.5 Å². The van der Waals surface area contributed by atoms with Gasteiger partial charge in [-0.15, -0.1) is 0 Å². The van der Waals surface area contributed by atoms with Gasteiger partial charge in [0, 0.05) is 46.9 Å². The molecule has 3 aromatic rings. The number of halogens is 3. The maximum atomic E-state index is 16.0. The minimum absolute atomic E-state index is 0.0206. The van der Waals surface area contributed by atoms with E-state index in [1.807, 2.05) is 18.2 Å². The van der Waals surface area contributed by atoms with Crippen LogP contribution in [0.1, 0.15) is 58.3 Å². The molecular formula is C32H30Cl2FN3O4. The predicted molar refractivity (Wildman–Crippen MR) is 158 cm³/mol. The summed E-state index contributed by atoms with van der Waals surface area (Å²) in [6.45, 7) is 0.717. The molecule has 2 saturated heterocycles. The average molecular weight is 611 g/mol. The SMILES string of the molecule is COC(=O)c1ccc(C2CC3C(N2)C(c2cccc(Cl)c2F)C2(C(=O)Nc4cc(Cl)ccc42)N3CC2CC2)cc1OC. The molecule has 4 aliphatic rings. The van der Waals surface area contributed by atoms with E-state index in [1.54, 1.807) is 30.3 Å². The van der Waals surface area contributed by atoms with Crippen LogP contribution in [0.4, 0.5) is 10.1 Å². The van der Waals surface area contributed by atoms with Gasteiger partial charge in [-0.25, -0.2) is 9.18 Å². The second-order valence-electron chi connectivity index (χ2n) is 11.6. The minimum Gasteiger partial charge on any atom is -0.496 e. The highest BCUT2D eigenvalue weighted by atomic mass is 35.5. The van der Waals surface area contributed by atoms with Crippen LogP contribution in [-0.2, 0) is 15.1 Å². The molecule has 3 heterocycles. The molecule has 1 amide bonds. The van der Waals surface area contributed by atoms with Crippen molar-refractivity contribution < 1.29 is 23.5 Å². The van der Waals surface area contributed by atoms with Crippen LogP contribution in [0.2, 0.25) is 10.0 Å². The van der Waals surface area contributed by atoms with Gasteiger partial charge < -0.3 is 20.1 Å². The van der Waals surface area contributed by atoms with Crippen LogP contribution in [0.3, 0.4) is 0 Å². The molecule has 2 N–H and O–H groups in total. The van der Waals surface area contributed by atoms with Gasteiger partial charge in [0.25, 0.3) is 0 Å². The zero-order valence-electron chi connectivity index (χ0n) is 23.1. The number of amides is 1. The van der Waals surface area contributed by atoms with Crippen LogP contribution in [-0.4, -0.2) is 49.6 Å². The van der Waals surface area contributed by atoms with Crippen molar-refractivity contribution in [2.24, 2.45) is 5.92 Å². The van der Waals surface area contributed by atoms with Crippen LogP contribution >= 0.6 is 23.2 Å². The van der Waals surface area contributed by atoms with Crippen LogP contribution in [0, 0.1) is 11.7 Å². The molecule has 1 aliphatic carbocycles. The number of likely N-dealkylation sites (tertiary alicyclic amines) is 1. The fourth-order valence-electron chi connectivity index (χ4n) is 7.50. The summed E-state index contributed by atoms with van der Waals surface area (Å²) in [6, 6.07) is 15.4. The summed E-state index contributed by atoms with van der Waals surface area (Å²) in [5, 5.41) is 7.42. The second-order valence-corrected chi connectivity index (χ2v) is 12.5. The molecule has 0 radical (unpaired) electrons. The van der Waals surface area contributed by atoms with Crippen molar-refractivity contribution in [2.45, 2.75) is 48.8 Å². The van der Waals surface area contributed by atoms with Gasteiger partial charge in [-0.2, -0.15) is 0 Å². The first-order valence-electron chi connectivity index (χ1n) is 14.1. The smallest absolute Gasteiger partial charge is 0.341 e. The number of hydrogen-bond donors (Lipinski definition) is 2. The molecule has 0 bridgehead atoms. The van der Waals surface area contributed by atoms with E-state index in [-0.39, 0.29) is 29.1 Å². The minimum atomic E-state index is -1.15. The maximum Gasteiger partial charge on any atom is 0.341 e. The summed E-state index contributed by atoms with van der Waals surface area (Å²) in [4.78, 5) is 28.9. The topological polar surface area (TPSA) is 79.9 Å². The third kappa shape index (κ3) is 4.07. The molecule has 10 heteroatoms. The van der Waals surface area contributed by atoms with Gasteiger partial charge in [-0.1, -0.05) is 47.5 Å². The number of fused-ring (bicyclic) bond motifs is 3. The van der Waals surface area contributed by atoms with Gasteiger partial charge in [-0.3, -0.25) is 9.69 Å². The standard InChI is InChI=1S/C32H30Cl2FN3O4/c1-41-26-12-17(8-10-19(26)30(39)42-2)23-14-25-29(36-23)27(20-4-3-5-22(34)28(20)35)32(38(25)15-16-6-7-16)21-11-9-18(33)13-24(21)37-31(32)40/h3-5,8-13,16,23,25,27,29,36H,6-7,14-15H2,1-2H3,(H,37,40). The number of ether oxygens (including phenoxy) is 2. The molecule has 7 rings (SSSR count). The monoisotopic (exact) mass is 609 g/mol. The highest BCUT2D eigenvalue weighted by molar-refractivity contribution is 6.31. The molecule has 218 valence electrons. The Hall–Kier alpha value is -3.17. The molecule has 3 aliphatic heterocycles. The largest absolute Gasteiger partial charge is 0.496 e. The molecule has 7 nitrogen and oxygen atoms in total. The lowest BCUT2D eigenvalue weighted by Gasteiger charge is -2.41. The number of rotatable bonds is 6. The first kappa shape index (κ1) is 27.7. The normalized spacial score (nSPS) is 28.1. The van der Waals surface area contributed by atoms with Gasteiger partial charge >= 0.3 is 5.97 Å². The summed E-state index contributed by atoms with van der Waals surface area (Å²) in [5.74, 6) is -0.865. The lowest BCUT2D eigenvalue weighted by Crippen LogP contribution is -2.53. The summed E-state index contributed by atoms with van der Waals surface area (Å²) in [7, 11) is 2.85. The van der Waals surface area contributed by atoms with Gasteiger partial charge in [0.05, 0.1) is 19.2 Å². The van der Waals surface area contributed by atoms with Crippen molar-refractivity contribution in [3.63, 3.8) is 0 Å². The third-order valence-corrected chi connectivity index (χ3v) is 9.96. The Morgan fingerprint density at radius 3 is 2.67 bits per heavy atom. The van der Waals surface area contributed by atoms with Crippen LogP contribution in [0.5, 0.6) is 5.75 Å². The number of nitrogens with zero attached hydrogens (tertiary/aromatic N) is 1. The van der Waals surface area contributed by atoms with Crippen molar-refractivity contribution in [1.82, 2.24) is 10.2 Å². The molecule has 5 atom stereocenters. The number of methoxy groups -OCH3 is 2. The molecular weight excluding hydrogens is 580 g/mol. The van der Waals surface area contributed by atoms with Crippen molar-refractivity contribution in [1.29, 1.82) is 0 Å². The van der Waals surface area contributed by atoms with Crippen LogP contribution in [0.25, 0.3) is 0 Å². The zero-order chi connectivity index (χ0) is 29.3. The number of anilines is 1. The molecule has 42 heavy (non-hydrogen) atoms. The van der Waals surface area contributed by atoms with Crippen LogP contribution < -0.4 is 15.4 Å². The quantitative estimate of drug-likeness (QED) is 0.331. The Bertz CT molecular complexity index is 1610. The Morgan fingerprint density at radius 2 is 1.93 bits per heavy atom. The van der Waals surface area contributed by atoms with E-state index in [4.69, 9.17) is 32.7 Å². The van der Waals surface area contributed by atoms with E-state index >= 15 is 4.39 Å². The number of nitrogens with one attached hydrogen (secondary N) is 2. The summed E-state index contributed by atoms with van der Waals surface area (Å²) < 4.78 is 26.4. The number of carbonyl (C=O) groups is 2. The fourth-order valence-corrected chi connectivity index (χ4v) is 7.85.